The summed E-state index contributed by atoms with van der Waals surface area (Å²) in [7, 11) is 0. The molecule has 124 valence electrons. The molecule has 7 nitrogen and oxygen atoms in total. The van der Waals surface area contributed by atoms with Crippen molar-refractivity contribution in [3.8, 4) is 0 Å². The first-order valence-electron chi connectivity index (χ1n) is 8.20. The molecule has 4 rings (SSSR count). The number of aryl methyl sites for hydroxylation is 3. The Balaban J connectivity index is 1.41. The Morgan fingerprint density at radius 2 is 2.04 bits per heavy atom. The van der Waals surface area contributed by atoms with Crippen LogP contribution in [0.25, 0.3) is 0 Å². The largest absolute Gasteiger partial charge is 0.364 e. The summed E-state index contributed by atoms with van der Waals surface area (Å²) in [4.78, 5) is 6.74. The van der Waals surface area contributed by atoms with Gasteiger partial charge in [-0.05, 0) is 46.1 Å². The molecule has 0 radical (unpaired) electrons. The zero-order chi connectivity index (χ0) is 16.0. The standard InChI is InChI=1S/C16H22N4O3/c1-9-13(10(2)22-18-9)7-20-5-4-12-6-14(21-15(12)8-20)16-17-11(3)19-23-16/h12,14-15H,4-8H2,1-3H3/t12-,14+,15+/m0/s1. The van der Waals surface area contributed by atoms with Crippen LogP contribution in [0.1, 0.15) is 47.7 Å². The van der Waals surface area contributed by atoms with Gasteiger partial charge in [0.05, 0.1) is 11.8 Å². The molecule has 4 heterocycles. The van der Waals surface area contributed by atoms with Crippen molar-refractivity contribution >= 4 is 0 Å². The fraction of sp³-hybridized carbons (Fsp3) is 0.688. The van der Waals surface area contributed by atoms with Crippen molar-refractivity contribution in [3.63, 3.8) is 0 Å². The predicted molar refractivity (Wildman–Crippen MR) is 80.6 cm³/mol. The topological polar surface area (TPSA) is 77.4 Å². The zero-order valence-electron chi connectivity index (χ0n) is 13.8. The summed E-state index contributed by atoms with van der Waals surface area (Å²) in [5.41, 5.74) is 2.18. The highest BCUT2D eigenvalue weighted by Crippen LogP contribution is 2.40. The molecule has 3 atom stereocenters. The summed E-state index contributed by atoms with van der Waals surface area (Å²) in [5.74, 6) is 2.77. The maximum absolute atomic E-state index is 6.20. The number of piperidine rings is 1. The van der Waals surface area contributed by atoms with Gasteiger partial charge in [-0.3, -0.25) is 4.90 Å². The predicted octanol–water partition coefficient (Wildman–Crippen LogP) is 2.33. The van der Waals surface area contributed by atoms with Crippen molar-refractivity contribution in [3.05, 3.63) is 28.7 Å². The van der Waals surface area contributed by atoms with Crippen molar-refractivity contribution in [1.82, 2.24) is 20.2 Å². The lowest BCUT2D eigenvalue weighted by molar-refractivity contribution is -0.0190. The highest BCUT2D eigenvalue weighted by Gasteiger charge is 2.41. The van der Waals surface area contributed by atoms with E-state index in [2.05, 4.69) is 20.2 Å². The third kappa shape index (κ3) is 2.79. The Hall–Kier alpha value is -1.73. The lowest BCUT2D eigenvalue weighted by Crippen LogP contribution is -2.41. The minimum Gasteiger partial charge on any atom is -0.364 e. The molecule has 0 aliphatic carbocycles. The summed E-state index contributed by atoms with van der Waals surface area (Å²) in [5, 5.41) is 7.91. The summed E-state index contributed by atoms with van der Waals surface area (Å²) < 4.78 is 16.7. The third-order valence-electron chi connectivity index (χ3n) is 5.02. The molecule has 0 unspecified atom stereocenters. The highest BCUT2D eigenvalue weighted by atomic mass is 16.5. The molecule has 7 heteroatoms. The van der Waals surface area contributed by atoms with E-state index in [9.17, 15) is 0 Å². The normalized spacial score (nSPS) is 28.2. The molecule has 0 bridgehead atoms. The summed E-state index contributed by atoms with van der Waals surface area (Å²) >= 11 is 0. The fourth-order valence-corrected chi connectivity index (χ4v) is 3.69. The van der Waals surface area contributed by atoms with E-state index in [0.29, 0.717) is 17.6 Å². The molecule has 2 aromatic rings. The summed E-state index contributed by atoms with van der Waals surface area (Å²) in [6.45, 7) is 8.68. The highest BCUT2D eigenvalue weighted by molar-refractivity contribution is 5.20. The molecular formula is C16H22N4O3. The first kappa shape index (κ1) is 14.8. The number of ether oxygens (including phenoxy) is 1. The van der Waals surface area contributed by atoms with Gasteiger partial charge in [-0.2, -0.15) is 4.98 Å². The summed E-state index contributed by atoms with van der Waals surface area (Å²) in [6.07, 6.45) is 2.30. The Bertz CT molecular complexity index is 676. The monoisotopic (exact) mass is 318 g/mol. The molecule has 2 aliphatic rings. The lowest BCUT2D eigenvalue weighted by atomic mass is 9.91. The van der Waals surface area contributed by atoms with Gasteiger partial charge in [0, 0.05) is 18.7 Å². The van der Waals surface area contributed by atoms with Crippen LogP contribution in [0.15, 0.2) is 9.05 Å². The van der Waals surface area contributed by atoms with Crippen LogP contribution < -0.4 is 0 Å². The van der Waals surface area contributed by atoms with Crippen LogP contribution in [-0.2, 0) is 11.3 Å². The van der Waals surface area contributed by atoms with Crippen molar-refractivity contribution in [2.45, 2.75) is 52.4 Å². The molecule has 2 saturated heterocycles. The van der Waals surface area contributed by atoms with Gasteiger partial charge in [0.25, 0.3) is 5.89 Å². The van der Waals surface area contributed by atoms with Gasteiger partial charge in [0.2, 0.25) is 0 Å². The Morgan fingerprint density at radius 1 is 1.17 bits per heavy atom. The molecule has 2 fully saturated rings. The van der Waals surface area contributed by atoms with E-state index in [1.807, 2.05) is 20.8 Å². The number of nitrogens with zero attached hydrogens (tertiary/aromatic N) is 4. The van der Waals surface area contributed by atoms with Crippen LogP contribution in [0.4, 0.5) is 0 Å². The van der Waals surface area contributed by atoms with Gasteiger partial charge in [-0.15, -0.1) is 0 Å². The van der Waals surface area contributed by atoms with Crippen LogP contribution in [0.5, 0.6) is 0 Å². The fourth-order valence-electron chi connectivity index (χ4n) is 3.69. The number of hydrogen-bond donors (Lipinski definition) is 0. The van der Waals surface area contributed by atoms with Gasteiger partial charge >= 0.3 is 0 Å². The van der Waals surface area contributed by atoms with E-state index in [-0.39, 0.29) is 12.2 Å². The second kappa shape index (κ2) is 5.72. The number of fused-ring (bicyclic) bond motifs is 1. The van der Waals surface area contributed by atoms with Crippen molar-refractivity contribution in [2.24, 2.45) is 5.92 Å². The van der Waals surface area contributed by atoms with Gasteiger partial charge in [-0.25, -0.2) is 0 Å². The molecule has 0 amide bonds. The second-order valence-corrected chi connectivity index (χ2v) is 6.67. The number of likely N-dealkylation sites (tertiary alicyclic amines) is 1. The van der Waals surface area contributed by atoms with E-state index < -0.39 is 0 Å². The first-order chi connectivity index (χ1) is 11.1. The molecule has 0 spiro atoms. The molecule has 0 N–H and O–H groups in total. The van der Waals surface area contributed by atoms with Crippen molar-refractivity contribution in [1.29, 1.82) is 0 Å². The van der Waals surface area contributed by atoms with Gasteiger partial charge in [0.15, 0.2) is 5.82 Å². The molecule has 0 aromatic carbocycles. The number of aromatic nitrogens is 3. The average molecular weight is 318 g/mol. The number of hydrogen-bond acceptors (Lipinski definition) is 7. The Morgan fingerprint density at radius 3 is 2.74 bits per heavy atom. The number of rotatable bonds is 3. The first-order valence-corrected chi connectivity index (χ1v) is 8.20. The van der Waals surface area contributed by atoms with Crippen LogP contribution in [0.3, 0.4) is 0 Å². The van der Waals surface area contributed by atoms with Gasteiger partial charge in [-0.1, -0.05) is 10.3 Å². The van der Waals surface area contributed by atoms with E-state index in [0.717, 1.165) is 43.9 Å². The smallest absolute Gasteiger partial charge is 0.255 e. The third-order valence-corrected chi connectivity index (χ3v) is 5.02. The quantitative estimate of drug-likeness (QED) is 0.859. The Labute approximate surface area is 135 Å². The van der Waals surface area contributed by atoms with E-state index in [1.54, 1.807) is 0 Å². The maximum atomic E-state index is 6.20. The average Bonchev–Trinajstić information content (AvgIpc) is 3.21. The Kier molecular flexibility index (Phi) is 3.69. The second-order valence-electron chi connectivity index (χ2n) is 6.67. The van der Waals surface area contributed by atoms with Crippen LogP contribution >= 0.6 is 0 Å². The van der Waals surface area contributed by atoms with Crippen molar-refractivity contribution < 1.29 is 13.8 Å². The molecule has 0 saturated carbocycles. The molecular weight excluding hydrogens is 296 g/mol. The van der Waals surface area contributed by atoms with Crippen LogP contribution in [0, 0.1) is 26.7 Å². The van der Waals surface area contributed by atoms with Crippen molar-refractivity contribution in [2.75, 3.05) is 13.1 Å². The van der Waals surface area contributed by atoms with E-state index >= 15 is 0 Å². The molecule has 2 aromatic heterocycles. The minimum atomic E-state index is -0.0507. The van der Waals surface area contributed by atoms with Crippen LogP contribution in [0.2, 0.25) is 0 Å². The maximum Gasteiger partial charge on any atom is 0.255 e. The lowest BCUT2D eigenvalue weighted by Gasteiger charge is -2.33. The van der Waals surface area contributed by atoms with Gasteiger partial charge < -0.3 is 13.8 Å². The minimum absolute atomic E-state index is 0.0507. The van der Waals surface area contributed by atoms with Gasteiger partial charge in [0.1, 0.15) is 11.9 Å². The van der Waals surface area contributed by atoms with E-state index in [4.69, 9.17) is 13.8 Å². The summed E-state index contributed by atoms with van der Waals surface area (Å²) in [6, 6.07) is 0. The SMILES string of the molecule is Cc1noc([C@H]2C[C@@H]3CCN(Cc4c(C)noc4C)C[C@H]3O2)n1. The zero-order valence-corrected chi connectivity index (χ0v) is 13.8. The molecule has 23 heavy (non-hydrogen) atoms. The van der Waals surface area contributed by atoms with Crippen LogP contribution in [-0.4, -0.2) is 39.4 Å². The molecule has 2 aliphatic heterocycles. The van der Waals surface area contributed by atoms with E-state index in [1.165, 1.54) is 5.56 Å².